The first kappa shape index (κ1) is 10.4. The van der Waals surface area contributed by atoms with Gasteiger partial charge in [0.15, 0.2) is 0 Å². The minimum Gasteiger partial charge on any atom is -0.255 e. The van der Waals surface area contributed by atoms with E-state index in [0.29, 0.717) is 0 Å². The van der Waals surface area contributed by atoms with E-state index < -0.39 is 0 Å². The van der Waals surface area contributed by atoms with Crippen molar-refractivity contribution in [2.75, 3.05) is 0 Å². The van der Waals surface area contributed by atoms with Crippen LogP contribution in [0.5, 0.6) is 0 Å². The minimum atomic E-state index is 0.917. The number of hydrogen-bond donors (Lipinski definition) is 1. The van der Waals surface area contributed by atoms with Gasteiger partial charge in [-0.05, 0) is 23.3 Å². The Morgan fingerprint density at radius 2 is 1.65 bits per heavy atom. The van der Waals surface area contributed by atoms with E-state index in [2.05, 4.69) is 35.8 Å². The van der Waals surface area contributed by atoms with Crippen LogP contribution in [0.25, 0.3) is 22.0 Å². The van der Waals surface area contributed by atoms with E-state index >= 15 is 0 Å². The van der Waals surface area contributed by atoms with Crippen LogP contribution in [-0.2, 0) is 0 Å². The van der Waals surface area contributed by atoms with E-state index in [9.17, 15) is 0 Å². The Morgan fingerprint density at radius 1 is 0.824 bits per heavy atom. The smallest absolute Gasteiger partial charge is 0.0841 e. The SMILES string of the molecule is Sc1cccc2c(-c3ccccc3)ccnc12. The maximum Gasteiger partial charge on any atom is 0.0841 e. The van der Waals surface area contributed by atoms with Gasteiger partial charge in [0.05, 0.1) is 5.52 Å². The van der Waals surface area contributed by atoms with Gasteiger partial charge in [-0.1, -0.05) is 42.5 Å². The summed E-state index contributed by atoms with van der Waals surface area (Å²) in [6, 6.07) is 18.5. The van der Waals surface area contributed by atoms with Crippen molar-refractivity contribution in [1.29, 1.82) is 0 Å². The summed E-state index contributed by atoms with van der Waals surface area (Å²) >= 11 is 4.45. The first-order valence-electron chi connectivity index (χ1n) is 5.48. The third-order valence-corrected chi connectivity index (χ3v) is 3.20. The summed E-state index contributed by atoms with van der Waals surface area (Å²) in [6.45, 7) is 0. The molecule has 1 aromatic heterocycles. The van der Waals surface area contributed by atoms with Crippen molar-refractivity contribution in [3.05, 3.63) is 60.8 Å². The number of aromatic nitrogens is 1. The largest absolute Gasteiger partial charge is 0.255 e. The van der Waals surface area contributed by atoms with Crippen molar-refractivity contribution in [3.8, 4) is 11.1 Å². The molecule has 0 amide bonds. The van der Waals surface area contributed by atoms with Crippen molar-refractivity contribution in [2.24, 2.45) is 0 Å². The van der Waals surface area contributed by atoms with Crippen molar-refractivity contribution in [1.82, 2.24) is 4.98 Å². The standard InChI is InChI=1S/C15H11NS/c17-14-8-4-7-13-12(9-10-16-15(13)14)11-5-2-1-3-6-11/h1-10,17H. The van der Waals surface area contributed by atoms with Gasteiger partial charge in [-0.2, -0.15) is 0 Å². The third-order valence-electron chi connectivity index (χ3n) is 2.83. The van der Waals surface area contributed by atoms with Gasteiger partial charge in [-0.15, -0.1) is 12.6 Å². The molecule has 0 aliphatic carbocycles. The highest BCUT2D eigenvalue weighted by Crippen LogP contribution is 2.29. The minimum absolute atomic E-state index is 0.917. The zero-order valence-corrected chi connectivity index (χ0v) is 10.1. The molecule has 82 valence electrons. The summed E-state index contributed by atoms with van der Waals surface area (Å²) < 4.78 is 0. The maximum atomic E-state index is 4.45. The van der Waals surface area contributed by atoms with Crippen LogP contribution >= 0.6 is 12.6 Å². The highest BCUT2D eigenvalue weighted by Gasteiger charge is 2.05. The maximum absolute atomic E-state index is 4.45. The van der Waals surface area contributed by atoms with Crippen LogP contribution in [-0.4, -0.2) is 4.98 Å². The summed E-state index contributed by atoms with van der Waals surface area (Å²) in [7, 11) is 0. The van der Waals surface area contributed by atoms with Gasteiger partial charge >= 0.3 is 0 Å². The molecule has 0 aliphatic heterocycles. The van der Waals surface area contributed by atoms with Gasteiger partial charge < -0.3 is 0 Å². The lowest BCUT2D eigenvalue weighted by Gasteiger charge is -2.07. The van der Waals surface area contributed by atoms with Crippen LogP contribution in [0.3, 0.4) is 0 Å². The normalized spacial score (nSPS) is 10.6. The van der Waals surface area contributed by atoms with Crippen LogP contribution in [0.1, 0.15) is 0 Å². The molecule has 0 fully saturated rings. The number of hydrogen-bond acceptors (Lipinski definition) is 2. The van der Waals surface area contributed by atoms with Gasteiger partial charge in [-0.25, -0.2) is 0 Å². The number of rotatable bonds is 1. The molecule has 2 aromatic carbocycles. The van der Waals surface area contributed by atoms with E-state index in [0.717, 1.165) is 15.8 Å². The predicted octanol–water partition coefficient (Wildman–Crippen LogP) is 4.19. The number of pyridine rings is 1. The van der Waals surface area contributed by atoms with Crippen LogP contribution in [0.2, 0.25) is 0 Å². The summed E-state index contributed by atoms with van der Waals surface area (Å²) in [6.07, 6.45) is 1.84. The van der Waals surface area contributed by atoms with Gasteiger partial charge in [-0.3, -0.25) is 4.98 Å². The Hall–Kier alpha value is -1.80. The fraction of sp³-hybridized carbons (Fsp3) is 0. The fourth-order valence-electron chi connectivity index (χ4n) is 2.03. The van der Waals surface area contributed by atoms with E-state index in [4.69, 9.17) is 0 Å². The third kappa shape index (κ3) is 1.81. The Balaban J connectivity index is 2.35. The van der Waals surface area contributed by atoms with Crippen LogP contribution < -0.4 is 0 Å². The molecular weight excluding hydrogens is 226 g/mol. The van der Waals surface area contributed by atoms with E-state index in [1.807, 2.05) is 42.6 Å². The zero-order valence-electron chi connectivity index (χ0n) is 9.17. The molecule has 0 radical (unpaired) electrons. The van der Waals surface area contributed by atoms with E-state index in [1.165, 1.54) is 11.1 Å². The highest BCUT2D eigenvalue weighted by molar-refractivity contribution is 7.80. The number of fused-ring (bicyclic) bond motifs is 1. The molecule has 3 rings (SSSR count). The van der Waals surface area contributed by atoms with Crippen LogP contribution in [0, 0.1) is 0 Å². The summed E-state index contributed by atoms with van der Waals surface area (Å²) in [4.78, 5) is 5.31. The molecule has 17 heavy (non-hydrogen) atoms. The second-order valence-corrected chi connectivity index (χ2v) is 4.38. The first-order chi connectivity index (χ1) is 8.36. The molecule has 0 saturated heterocycles. The Kier molecular flexibility index (Phi) is 2.57. The molecule has 2 heteroatoms. The lowest BCUT2D eigenvalue weighted by molar-refractivity contribution is 1.35. The molecule has 0 bridgehead atoms. The van der Waals surface area contributed by atoms with Crippen molar-refractivity contribution < 1.29 is 0 Å². The highest BCUT2D eigenvalue weighted by atomic mass is 32.1. The van der Waals surface area contributed by atoms with Crippen LogP contribution in [0.4, 0.5) is 0 Å². The molecule has 0 spiro atoms. The molecule has 1 heterocycles. The van der Waals surface area contributed by atoms with Crippen molar-refractivity contribution in [2.45, 2.75) is 4.90 Å². The molecular formula is C15H11NS. The van der Waals surface area contributed by atoms with Crippen molar-refractivity contribution in [3.63, 3.8) is 0 Å². The molecule has 0 N–H and O–H groups in total. The van der Waals surface area contributed by atoms with Crippen LogP contribution in [0.15, 0.2) is 65.7 Å². The Bertz CT molecular complexity index is 662. The second kappa shape index (κ2) is 4.22. The first-order valence-corrected chi connectivity index (χ1v) is 5.93. The summed E-state index contributed by atoms with van der Waals surface area (Å²) in [5.74, 6) is 0. The monoisotopic (exact) mass is 237 g/mol. The van der Waals surface area contributed by atoms with E-state index in [-0.39, 0.29) is 0 Å². The fourth-order valence-corrected chi connectivity index (χ4v) is 2.29. The molecule has 0 unspecified atom stereocenters. The molecule has 0 atom stereocenters. The van der Waals surface area contributed by atoms with Crippen molar-refractivity contribution >= 4 is 23.5 Å². The number of nitrogens with zero attached hydrogens (tertiary/aromatic N) is 1. The number of para-hydroxylation sites is 1. The average Bonchev–Trinajstić information content (AvgIpc) is 2.40. The average molecular weight is 237 g/mol. The molecule has 3 aromatic rings. The van der Waals surface area contributed by atoms with Gasteiger partial charge in [0.2, 0.25) is 0 Å². The topological polar surface area (TPSA) is 12.9 Å². The Labute approximate surface area is 106 Å². The number of benzene rings is 2. The van der Waals surface area contributed by atoms with E-state index in [1.54, 1.807) is 0 Å². The van der Waals surface area contributed by atoms with Gasteiger partial charge in [0.1, 0.15) is 0 Å². The number of thiol groups is 1. The summed E-state index contributed by atoms with van der Waals surface area (Å²) in [5, 5.41) is 1.14. The van der Waals surface area contributed by atoms with Gasteiger partial charge in [0, 0.05) is 16.5 Å². The summed E-state index contributed by atoms with van der Waals surface area (Å²) in [5.41, 5.74) is 3.36. The molecule has 0 aliphatic rings. The lowest BCUT2D eigenvalue weighted by atomic mass is 10.0. The molecule has 0 saturated carbocycles. The second-order valence-electron chi connectivity index (χ2n) is 3.90. The predicted molar refractivity (Wildman–Crippen MR) is 74.4 cm³/mol. The molecule has 1 nitrogen and oxygen atoms in total. The quantitative estimate of drug-likeness (QED) is 0.626. The lowest BCUT2D eigenvalue weighted by Crippen LogP contribution is -1.85. The van der Waals surface area contributed by atoms with Gasteiger partial charge in [0.25, 0.3) is 0 Å². The Morgan fingerprint density at radius 3 is 2.47 bits per heavy atom. The zero-order chi connectivity index (χ0) is 11.7.